The van der Waals surface area contributed by atoms with E-state index in [9.17, 15) is 9.59 Å². The number of carbonyl (C=O) groups excluding carboxylic acids is 2. The highest BCUT2D eigenvalue weighted by molar-refractivity contribution is 6.05. The van der Waals surface area contributed by atoms with Crippen LogP contribution < -0.4 is 10.6 Å². The van der Waals surface area contributed by atoms with E-state index in [1.54, 1.807) is 24.3 Å². The van der Waals surface area contributed by atoms with Crippen LogP contribution >= 0.6 is 0 Å². The number of hydrogen-bond donors (Lipinski definition) is 2. The van der Waals surface area contributed by atoms with E-state index >= 15 is 0 Å². The summed E-state index contributed by atoms with van der Waals surface area (Å²) in [5.41, 5.74) is 3.09. The summed E-state index contributed by atoms with van der Waals surface area (Å²) in [5, 5.41) is 5.71. The molecule has 0 aliphatic carbocycles. The highest BCUT2D eigenvalue weighted by atomic mass is 16.2. The molecule has 0 radical (unpaired) electrons. The SMILES string of the molecule is O=C(CCCc1ccccc1)Nc1cccc(C(=O)Nc2ccccc2)c1. The molecule has 0 bridgehead atoms. The number of aryl methyl sites for hydroxylation is 1. The Hall–Kier alpha value is -3.40. The molecule has 2 amide bonds. The van der Waals surface area contributed by atoms with Crippen LogP contribution in [0.15, 0.2) is 84.9 Å². The fourth-order valence-electron chi connectivity index (χ4n) is 2.78. The summed E-state index contributed by atoms with van der Waals surface area (Å²) >= 11 is 0. The van der Waals surface area contributed by atoms with Crippen LogP contribution in [0.4, 0.5) is 11.4 Å². The van der Waals surface area contributed by atoms with Gasteiger partial charge in [-0.3, -0.25) is 9.59 Å². The number of anilines is 2. The maximum Gasteiger partial charge on any atom is 0.255 e. The molecule has 0 heterocycles. The molecule has 4 nitrogen and oxygen atoms in total. The van der Waals surface area contributed by atoms with Crippen LogP contribution in [0.25, 0.3) is 0 Å². The lowest BCUT2D eigenvalue weighted by Gasteiger charge is -2.08. The Morgan fingerprint density at radius 2 is 1.37 bits per heavy atom. The molecule has 0 saturated heterocycles. The molecule has 0 fully saturated rings. The molecular weight excluding hydrogens is 336 g/mol. The van der Waals surface area contributed by atoms with E-state index in [1.165, 1.54) is 5.56 Å². The number of amides is 2. The summed E-state index contributed by atoms with van der Waals surface area (Å²) in [6, 6.07) is 26.4. The molecule has 4 heteroatoms. The van der Waals surface area contributed by atoms with E-state index in [0.717, 1.165) is 18.5 Å². The highest BCUT2D eigenvalue weighted by Gasteiger charge is 2.08. The Morgan fingerprint density at radius 3 is 2.11 bits per heavy atom. The molecule has 0 aromatic heterocycles. The van der Waals surface area contributed by atoms with Crippen LogP contribution in [0, 0.1) is 0 Å². The molecular formula is C23H22N2O2. The van der Waals surface area contributed by atoms with Crippen molar-refractivity contribution >= 4 is 23.2 Å². The minimum atomic E-state index is -0.207. The smallest absolute Gasteiger partial charge is 0.255 e. The largest absolute Gasteiger partial charge is 0.326 e. The number of carbonyl (C=O) groups is 2. The van der Waals surface area contributed by atoms with Gasteiger partial charge in [-0.25, -0.2) is 0 Å². The monoisotopic (exact) mass is 358 g/mol. The van der Waals surface area contributed by atoms with Gasteiger partial charge in [0.25, 0.3) is 5.91 Å². The van der Waals surface area contributed by atoms with Crippen molar-refractivity contribution in [2.24, 2.45) is 0 Å². The average Bonchev–Trinajstić information content (AvgIpc) is 2.70. The van der Waals surface area contributed by atoms with Gasteiger partial charge >= 0.3 is 0 Å². The molecule has 0 aliphatic rings. The third-order valence-electron chi connectivity index (χ3n) is 4.15. The van der Waals surface area contributed by atoms with Gasteiger partial charge in [-0.15, -0.1) is 0 Å². The summed E-state index contributed by atoms with van der Waals surface area (Å²) in [4.78, 5) is 24.5. The van der Waals surface area contributed by atoms with Crippen LogP contribution in [0.3, 0.4) is 0 Å². The Labute approximate surface area is 159 Å². The molecule has 136 valence electrons. The van der Waals surface area contributed by atoms with Crippen molar-refractivity contribution in [2.45, 2.75) is 19.3 Å². The summed E-state index contributed by atoms with van der Waals surface area (Å²) in [6.07, 6.45) is 2.09. The maximum atomic E-state index is 12.4. The van der Waals surface area contributed by atoms with Crippen molar-refractivity contribution in [1.82, 2.24) is 0 Å². The lowest BCUT2D eigenvalue weighted by molar-refractivity contribution is -0.116. The average molecular weight is 358 g/mol. The number of benzene rings is 3. The van der Waals surface area contributed by atoms with E-state index in [-0.39, 0.29) is 11.8 Å². The first-order valence-electron chi connectivity index (χ1n) is 9.01. The normalized spacial score (nSPS) is 10.2. The van der Waals surface area contributed by atoms with Crippen LogP contribution in [0.2, 0.25) is 0 Å². The van der Waals surface area contributed by atoms with Crippen LogP contribution in [0.5, 0.6) is 0 Å². The number of nitrogens with one attached hydrogen (secondary N) is 2. The van der Waals surface area contributed by atoms with Crippen molar-refractivity contribution in [2.75, 3.05) is 10.6 Å². The Bertz CT molecular complexity index is 893. The van der Waals surface area contributed by atoms with Gasteiger partial charge in [-0.2, -0.15) is 0 Å². The van der Waals surface area contributed by atoms with Crippen molar-refractivity contribution < 1.29 is 9.59 Å². The molecule has 0 aliphatic heterocycles. The number of rotatable bonds is 7. The van der Waals surface area contributed by atoms with E-state index < -0.39 is 0 Å². The first kappa shape index (κ1) is 18.4. The van der Waals surface area contributed by atoms with Crippen molar-refractivity contribution in [3.8, 4) is 0 Å². The molecule has 27 heavy (non-hydrogen) atoms. The summed E-state index contributed by atoms with van der Waals surface area (Å²) in [7, 11) is 0. The molecule has 0 unspecified atom stereocenters. The highest BCUT2D eigenvalue weighted by Crippen LogP contribution is 2.14. The zero-order valence-electron chi connectivity index (χ0n) is 15.0. The van der Waals surface area contributed by atoms with Gasteiger partial charge in [0.05, 0.1) is 0 Å². The fraction of sp³-hybridized carbons (Fsp3) is 0.130. The summed E-state index contributed by atoms with van der Waals surface area (Å²) in [6.45, 7) is 0. The number of para-hydroxylation sites is 1. The van der Waals surface area contributed by atoms with Crippen molar-refractivity contribution in [3.05, 3.63) is 96.1 Å². The second kappa shape index (κ2) is 9.34. The van der Waals surface area contributed by atoms with E-state index in [2.05, 4.69) is 22.8 Å². The molecule has 0 saturated carbocycles. The zero-order chi connectivity index (χ0) is 18.9. The predicted molar refractivity (Wildman–Crippen MR) is 109 cm³/mol. The molecule has 3 aromatic carbocycles. The van der Waals surface area contributed by atoms with Gasteiger partial charge in [-0.05, 0) is 48.7 Å². The van der Waals surface area contributed by atoms with Gasteiger partial charge in [0.15, 0.2) is 0 Å². The maximum absolute atomic E-state index is 12.4. The van der Waals surface area contributed by atoms with E-state index in [4.69, 9.17) is 0 Å². The first-order chi connectivity index (χ1) is 13.2. The minimum Gasteiger partial charge on any atom is -0.326 e. The lowest BCUT2D eigenvalue weighted by Crippen LogP contribution is -2.14. The van der Waals surface area contributed by atoms with Crippen molar-refractivity contribution in [1.29, 1.82) is 0 Å². The standard InChI is InChI=1S/C23H22N2O2/c26-22(16-7-11-18-9-3-1-4-10-18)24-21-15-8-12-19(17-21)23(27)25-20-13-5-2-6-14-20/h1-6,8-10,12-15,17H,7,11,16H2,(H,24,26)(H,25,27). The second-order valence-corrected chi connectivity index (χ2v) is 6.29. The van der Waals surface area contributed by atoms with Gasteiger partial charge in [0, 0.05) is 23.4 Å². The van der Waals surface area contributed by atoms with Crippen molar-refractivity contribution in [3.63, 3.8) is 0 Å². The minimum absolute atomic E-state index is 0.0495. The first-order valence-corrected chi connectivity index (χ1v) is 9.01. The fourth-order valence-corrected chi connectivity index (χ4v) is 2.78. The van der Waals surface area contributed by atoms with Crippen LogP contribution in [-0.4, -0.2) is 11.8 Å². The second-order valence-electron chi connectivity index (χ2n) is 6.29. The zero-order valence-corrected chi connectivity index (χ0v) is 15.0. The summed E-state index contributed by atoms with van der Waals surface area (Å²) < 4.78 is 0. The molecule has 0 atom stereocenters. The van der Waals surface area contributed by atoms with Gasteiger partial charge in [0.2, 0.25) is 5.91 Å². The summed E-state index contributed by atoms with van der Waals surface area (Å²) in [5.74, 6) is -0.257. The molecule has 2 N–H and O–H groups in total. The van der Waals surface area contributed by atoms with Gasteiger partial charge in [0.1, 0.15) is 0 Å². The lowest BCUT2D eigenvalue weighted by atomic mass is 10.1. The third-order valence-corrected chi connectivity index (χ3v) is 4.15. The van der Waals surface area contributed by atoms with Gasteiger partial charge in [-0.1, -0.05) is 54.6 Å². The van der Waals surface area contributed by atoms with Gasteiger partial charge < -0.3 is 10.6 Å². The Kier molecular flexibility index (Phi) is 6.36. The molecule has 3 rings (SSSR count). The van der Waals surface area contributed by atoms with E-state index in [1.807, 2.05) is 48.5 Å². The Balaban J connectivity index is 1.52. The molecule has 0 spiro atoms. The predicted octanol–water partition coefficient (Wildman–Crippen LogP) is 4.90. The third kappa shape index (κ3) is 5.82. The van der Waals surface area contributed by atoms with Crippen LogP contribution in [0.1, 0.15) is 28.8 Å². The number of hydrogen-bond acceptors (Lipinski definition) is 2. The van der Waals surface area contributed by atoms with E-state index in [0.29, 0.717) is 17.7 Å². The molecule has 3 aromatic rings. The quantitative estimate of drug-likeness (QED) is 0.631. The van der Waals surface area contributed by atoms with Crippen LogP contribution in [-0.2, 0) is 11.2 Å². The Morgan fingerprint density at radius 1 is 0.704 bits per heavy atom. The topological polar surface area (TPSA) is 58.2 Å².